The molecule has 1 aromatic heterocycles. The highest BCUT2D eigenvalue weighted by Gasteiger charge is 2.35. The minimum absolute atomic E-state index is 0.0741. The molecule has 1 atom stereocenters. The Balaban J connectivity index is 1.67. The number of carbonyl (C=O) groups is 2. The maximum absolute atomic E-state index is 13.2. The number of para-hydroxylation sites is 1. The summed E-state index contributed by atoms with van der Waals surface area (Å²) in [5, 5.41) is 0. The molecule has 1 fully saturated rings. The van der Waals surface area contributed by atoms with E-state index in [1.165, 1.54) is 6.08 Å². The molecule has 0 unspecified atom stereocenters. The van der Waals surface area contributed by atoms with E-state index in [0.29, 0.717) is 25.6 Å². The van der Waals surface area contributed by atoms with Crippen LogP contribution in [0.4, 0.5) is 10.6 Å². The van der Waals surface area contributed by atoms with E-state index >= 15 is 0 Å². The standard InChI is InChI=1S/C27H35N3O5/c1-5-33-25(31)14-12-21-11-13-24(28-19-21)30(26(32)35-27(2,3)4)22-15-16-29(20-22)17-18-34-23-9-7-6-8-10-23/h6-14,19,22H,5,15-18,20H2,1-4H3/b14-12+/t22-/m1/s1. The summed E-state index contributed by atoms with van der Waals surface area (Å²) in [5.74, 6) is 0.953. The van der Waals surface area contributed by atoms with Crippen LogP contribution >= 0.6 is 0 Å². The number of aromatic nitrogens is 1. The zero-order valence-corrected chi connectivity index (χ0v) is 21.0. The smallest absolute Gasteiger partial charge is 0.416 e. The van der Waals surface area contributed by atoms with Crippen LogP contribution in [-0.4, -0.2) is 66.4 Å². The number of amides is 1. The van der Waals surface area contributed by atoms with Gasteiger partial charge in [-0.15, -0.1) is 0 Å². The van der Waals surface area contributed by atoms with Crippen LogP contribution in [0.3, 0.4) is 0 Å². The lowest BCUT2D eigenvalue weighted by atomic mass is 10.2. The number of pyridine rings is 1. The van der Waals surface area contributed by atoms with E-state index in [1.54, 1.807) is 30.2 Å². The van der Waals surface area contributed by atoms with Crippen molar-refractivity contribution in [3.63, 3.8) is 0 Å². The predicted octanol–water partition coefficient (Wildman–Crippen LogP) is 4.55. The Morgan fingerprint density at radius 1 is 1.17 bits per heavy atom. The van der Waals surface area contributed by atoms with Gasteiger partial charge in [0.1, 0.15) is 23.8 Å². The molecular formula is C27H35N3O5. The van der Waals surface area contributed by atoms with Crippen molar-refractivity contribution in [2.45, 2.75) is 45.8 Å². The maximum Gasteiger partial charge on any atom is 0.416 e. The zero-order valence-electron chi connectivity index (χ0n) is 21.0. The van der Waals surface area contributed by atoms with Crippen LogP contribution < -0.4 is 9.64 Å². The number of nitrogens with zero attached hydrogens (tertiary/aromatic N) is 3. The highest BCUT2D eigenvalue weighted by molar-refractivity contribution is 5.88. The third-order valence-corrected chi connectivity index (χ3v) is 5.34. The van der Waals surface area contributed by atoms with Gasteiger partial charge in [-0.05, 0) is 70.0 Å². The van der Waals surface area contributed by atoms with Crippen LogP contribution in [0.1, 0.15) is 39.7 Å². The van der Waals surface area contributed by atoms with E-state index in [-0.39, 0.29) is 6.04 Å². The van der Waals surface area contributed by atoms with Crippen molar-refractivity contribution in [2.75, 3.05) is 37.7 Å². The first-order valence-corrected chi connectivity index (χ1v) is 12.0. The van der Waals surface area contributed by atoms with Crippen LogP contribution in [0.15, 0.2) is 54.7 Å². The molecule has 0 radical (unpaired) electrons. The van der Waals surface area contributed by atoms with Crippen molar-refractivity contribution < 1.29 is 23.8 Å². The number of benzene rings is 1. The van der Waals surface area contributed by atoms with E-state index < -0.39 is 17.7 Å². The Bertz CT molecular complexity index is 986. The van der Waals surface area contributed by atoms with Crippen LogP contribution in [0.25, 0.3) is 6.08 Å². The van der Waals surface area contributed by atoms with Gasteiger partial charge in [0.25, 0.3) is 0 Å². The minimum Gasteiger partial charge on any atom is -0.492 e. The number of hydrogen-bond acceptors (Lipinski definition) is 7. The molecule has 35 heavy (non-hydrogen) atoms. The number of anilines is 1. The minimum atomic E-state index is -0.626. The van der Waals surface area contributed by atoms with Gasteiger partial charge in [0.2, 0.25) is 0 Å². The van der Waals surface area contributed by atoms with Crippen LogP contribution in [0.5, 0.6) is 5.75 Å². The topological polar surface area (TPSA) is 81.2 Å². The third-order valence-electron chi connectivity index (χ3n) is 5.34. The van der Waals surface area contributed by atoms with Crippen LogP contribution in [0, 0.1) is 0 Å². The molecule has 3 rings (SSSR count). The first-order valence-electron chi connectivity index (χ1n) is 12.0. The van der Waals surface area contributed by atoms with Crippen LogP contribution in [-0.2, 0) is 14.3 Å². The lowest BCUT2D eigenvalue weighted by Gasteiger charge is -2.31. The average Bonchev–Trinajstić information content (AvgIpc) is 3.26. The van der Waals surface area contributed by atoms with Gasteiger partial charge < -0.3 is 14.2 Å². The Morgan fingerprint density at radius 3 is 2.60 bits per heavy atom. The fraction of sp³-hybridized carbons (Fsp3) is 0.444. The molecule has 0 saturated carbocycles. The first-order chi connectivity index (χ1) is 16.7. The fourth-order valence-corrected chi connectivity index (χ4v) is 3.77. The Hall–Kier alpha value is -3.39. The number of likely N-dealkylation sites (tertiary alicyclic amines) is 1. The quantitative estimate of drug-likeness (QED) is 0.384. The molecule has 1 amide bonds. The molecule has 1 aromatic carbocycles. The van der Waals surface area contributed by atoms with Crippen molar-refractivity contribution in [1.29, 1.82) is 0 Å². The van der Waals surface area contributed by atoms with Crippen molar-refractivity contribution in [2.24, 2.45) is 0 Å². The van der Waals surface area contributed by atoms with Crippen molar-refractivity contribution >= 4 is 24.0 Å². The van der Waals surface area contributed by atoms with E-state index in [4.69, 9.17) is 14.2 Å². The second-order valence-corrected chi connectivity index (χ2v) is 9.29. The normalized spacial score (nSPS) is 16.3. The second kappa shape index (κ2) is 12.4. The van der Waals surface area contributed by atoms with Gasteiger partial charge in [-0.3, -0.25) is 9.80 Å². The summed E-state index contributed by atoms with van der Waals surface area (Å²) in [6.45, 7) is 10.5. The van der Waals surface area contributed by atoms with Gasteiger partial charge in [-0.1, -0.05) is 18.2 Å². The third kappa shape index (κ3) is 8.40. The van der Waals surface area contributed by atoms with E-state index in [0.717, 1.165) is 30.8 Å². The largest absolute Gasteiger partial charge is 0.492 e. The van der Waals surface area contributed by atoms with Gasteiger partial charge in [0.15, 0.2) is 0 Å². The average molecular weight is 482 g/mol. The van der Waals surface area contributed by atoms with Crippen molar-refractivity contribution in [3.8, 4) is 5.75 Å². The number of carbonyl (C=O) groups excluding carboxylic acids is 2. The van der Waals surface area contributed by atoms with E-state index in [2.05, 4.69) is 9.88 Å². The molecule has 2 aromatic rings. The SMILES string of the molecule is CCOC(=O)/C=C/c1ccc(N(C(=O)OC(C)(C)C)[C@@H]2CCN(CCOc3ccccc3)C2)nc1. The number of esters is 1. The highest BCUT2D eigenvalue weighted by atomic mass is 16.6. The number of rotatable bonds is 9. The first kappa shape index (κ1) is 26.2. The van der Waals surface area contributed by atoms with Gasteiger partial charge in [0.05, 0.1) is 12.6 Å². The van der Waals surface area contributed by atoms with Gasteiger partial charge in [-0.2, -0.15) is 0 Å². The molecular weight excluding hydrogens is 446 g/mol. The summed E-state index contributed by atoms with van der Waals surface area (Å²) >= 11 is 0. The highest BCUT2D eigenvalue weighted by Crippen LogP contribution is 2.25. The van der Waals surface area contributed by atoms with E-state index in [1.807, 2.05) is 57.2 Å². The monoisotopic (exact) mass is 481 g/mol. The summed E-state index contributed by atoms with van der Waals surface area (Å²) in [5.41, 5.74) is 0.108. The van der Waals surface area contributed by atoms with Crippen molar-refractivity contribution in [1.82, 2.24) is 9.88 Å². The Kier molecular flexibility index (Phi) is 9.25. The molecule has 0 aliphatic carbocycles. The molecule has 1 aliphatic heterocycles. The Morgan fingerprint density at radius 2 is 1.94 bits per heavy atom. The molecule has 1 saturated heterocycles. The summed E-state index contributed by atoms with van der Waals surface area (Å²) in [6, 6.07) is 13.2. The summed E-state index contributed by atoms with van der Waals surface area (Å²) < 4.78 is 16.4. The van der Waals surface area contributed by atoms with Crippen LogP contribution in [0.2, 0.25) is 0 Å². The van der Waals surface area contributed by atoms with Gasteiger partial charge in [-0.25, -0.2) is 14.6 Å². The summed E-state index contributed by atoms with van der Waals surface area (Å²) in [7, 11) is 0. The Labute approximate surface area is 207 Å². The maximum atomic E-state index is 13.2. The molecule has 0 spiro atoms. The molecule has 2 heterocycles. The van der Waals surface area contributed by atoms with Crippen molar-refractivity contribution in [3.05, 3.63) is 60.3 Å². The lowest BCUT2D eigenvalue weighted by Crippen LogP contribution is -2.45. The molecule has 0 bridgehead atoms. The molecule has 8 nitrogen and oxygen atoms in total. The summed E-state index contributed by atoms with van der Waals surface area (Å²) in [6.07, 6.45) is 5.00. The van der Waals surface area contributed by atoms with Gasteiger partial charge in [0, 0.05) is 31.9 Å². The zero-order chi connectivity index (χ0) is 25.3. The molecule has 0 N–H and O–H groups in total. The number of hydrogen-bond donors (Lipinski definition) is 0. The summed E-state index contributed by atoms with van der Waals surface area (Å²) in [4.78, 5) is 33.2. The molecule has 1 aliphatic rings. The number of ether oxygens (including phenoxy) is 3. The fourth-order valence-electron chi connectivity index (χ4n) is 3.77. The predicted molar refractivity (Wildman–Crippen MR) is 135 cm³/mol. The molecule has 188 valence electrons. The van der Waals surface area contributed by atoms with Gasteiger partial charge >= 0.3 is 12.1 Å². The lowest BCUT2D eigenvalue weighted by molar-refractivity contribution is -0.137. The second-order valence-electron chi connectivity index (χ2n) is 9.29. The molecule has 8 heteroatoms. The van der Waals surface area contributed by atoms with E-state index in [9.17, 15) is 9.59 Å².